The molecule has 5 nitrogen and oxygen atoms in total. The van der Waals surface area contributed by atoms with Gasteiger partial charge in [-0.2, -0.15) is 0 Å². The number of fused-ring (bicyclic) bond motifs is 1. The van der Waals surface area contributed by atoms with Crippen molar-refractivity contribution in [2.75, 3.05) is 5.01 Å². The molecule has 0 fully saturated rings. The number of anilines is 1. The second-order valence-electron chi connectivity index (χ2n) is 4.13. The largest absolute Gasteiger partial charge is 1.00 e. The van der Waals surface area contributed by atoms with E-state index in [4.69, 9.17) is 5.41 Å². The zero-order valence-electron chi connectivity index (χ0n) is 10.9. The minimum Gasteiger partial charge on any atom is -0.602 e. The predicted octanol–water partition coefficient (Wildman–Crippen LogP) is -0.173. The van der Waals surface area contributed by atoms with Crippen molar-refractivity contribution in [3.8, 4) is 0 Å². The summed E-state index contributed by atoms with van der Waals surface area (Å²) < 4.78 is 0. The quantitative estimate of drug-likeness (QED) is 0.674. The smallest absolute Gasteiger partial charge is 0.602 e. The van der Waals surface area contributed by atoms with Gasteiger partial charge in [0, 0.05) is 23.7 Å². The van der Waals surface area contributed by atoms with Crippen LogP contribution in [0.1, 0.15) is 6.92 Å². The molecular weight excluding hydrogens is 233 g/mol. The fourth-order valence-corrected chi connectivity index (χ4v) is 1.84. The van der Waals surface area contributed by atoms with Crippen molar-refractivity contribution in [3.63, 3.8) is 0 Å². The van der Waals surface area contributed by atoms with Crippen LogP contribution in [0.3, 0.4) is 0 Å². The number of nitrogens with one attached hydrogen (secondary N) is 2. The Morgan fingerprint density at radius 3 is 2.95 bits per heavy atom. The average molecular weight is 245 g/mol. The number of para-hydroxylation sites is 2. The van der Waals surface area contributed by atoms with Crippen LogP contribution in [0.5, 0.6) is 0 Å². The van der Waals surface area contributed by atoms with Crippen LogP contribution in [-0.4, -0.2) is 12.1 Å². The van der Waals surface area contributed by atoms with Gasteiger partial charge in [-0.25, -0.2) is 4.99 Å². The second kappa shape index (κ2) is 5.45. The van der Waals surface area contributed by atoms with E-state index in [1.54, 1.807) is 6.21 Å². The molecule has 0 unspecified atom stereocenters. The van der Waals surface area contributed by atoms with E-state index < -0.39 is 0 Å². The van der Waals surface area contributed by atoms with E-state index in [1.165, 1.54) is 0 Å². The van der Waals surface area contributed by atoms with Crippen molar-refractivity contribution in [3.05, 3.63) is 53.1 Å². The summed E-state index contributed by atoms with van der Waals surface area (Å²) >= 11 is 0. The van der Waals surface area contributed by atoms with E-state index >= 15 is 0 Å². The summed E-state index contributed by atoms with van der Waals surface area (Å²) in [7, 11) is 0. The van der Waals surface area contributed by atoms with Gasteiger partial charge in [-0.3, -0.25) is 10.4 Å². The second-order valence-corrected chi connectivity index (χ2v) is 4.13. The topological polar surface area (TPSA) is 65.6 Å². The van der Waals surface area contributed by atoms with Crippen LogP contribution in [-0.2, 0) is 0 Å². The number of dihydropyridines is 1. The molecule has 0 saturated carbocycles. The number of allylic oxidation sites excluding steroid dienone is 2. The number of aliphatic imine (C=N–C) groups is 1. The SMILES string of the molecule is CC1=CC(=CN2N[N-]c3ccccc32)C=NC1=N.[Li+]. The Kier molecular flexibility index (Phi) is 3.91. The maximum atomic E-state index is 7.55. The van der Waals surface area contributed by atoms with Gasteiger partial charge in [0.15, 0.2) is 0 Å². The van der Waals surface area contributed by atoms with Crippen LogP contribution in [0.25, 0.3) is 5.43 Å². The van der Waals surface area contributed by atoms with Crippen LogP contribution in [0.15, 0.2) is 52.7 Å². The van der Waals surface area contributed by atoms with Gasteiger partial charge < -0.3 is 11.0 Å². The molecule has 0 radical (unpaired) electrons. The van der Waals surface area contributed by atoms with Gasteiger partial charge in [-0.05, 0) is 24.6 Å². The van der Waals surface area contributed by atoms with E-state index in [0.717, 1.165) is 22.5 Å². The number of hydrazine groups is 1. The normalized spacial score (nSPS) is 18.8. The first-order valence-electron chi connectivity index (χ1n) is 5.62. The third kappa shape index (κ3) is 2.64. The molecule has 0 aliphatic carbocycles. The van der Waals surface area contributed by atoms with Crippen LogP contribution in [0, 0.1) is 5.41 Å². The molecule has 90 valence electrons. The number of hydrogen-bond donors (Lipinski definition) is 2. The van der Waals surface area contributed by atoms with Crippen molar-refractivity contribution < 1.29 is 18.9 Å². The maximum Gasteiger partial charge on any atom is 1.00 e. The number of hydrogen-bond acceptors (Lipinski definition) is 3. The molecule has 1 aromatic carbocycles. The molecule has 19 heavy (non-hydrogen) atoms. The number of amidine groups is 1. The van der Waals surface area contributed by atoms with Crippen molar-refractivity contribution in [2.24, 2.45) is 4.99 Å². The van der Waals surface area contributed by atoms with E-state index in [2.05, 4.69) is 16.0 Å². The van der Waals surface area contributed by atoms with E-state index in [-0.39, 0.29) is 18.9 Å². The Bertz CT molecular complexity index is 603. The fraction of sp³-hybridized carbons (Fsp3) is 0.0769. The van der Waals surface area contributed by atoms with Gasteiger partial charge in [0.2, 0.25) is 0 Å². The summed E-state index contributed by atoms with van der Waals surface area (Å²) in [4.78, 5) is 4.03. The number of benzene rings is 1. The first kappa shape index (κ1) is 13.6. The monoisotopic (exact) mass is 245 g/mol. The summed E-state index contributed by atoms with van der Waals surface area (Å²) in [5.41, 5.74) is 10.8. The molecule has 2 heterocycles. The molecular formula is C13H12LiN5. The molecule has 1 aromatic rings. The van der Waals surface area contributed by atoms with Gasteiger partial charge in [0.25, 0.3) is 0 Å². The predicted molar refractivity (Wildman–Crippen MR) is 73.1 cm³/mol. The third-order valence-electron chi connectivity index (χ3n) is 2.80. The molecule has 0 saturated heterocycles. The van der Waals surface area contributed by atoms with E-state index in [9.17, 15) is 0 Å². The van der Waals surface area contributed by atoms with Crippen LogP contribution >= 0.6 is 0 Å². The zero-order chi connectivity index (χ0) is 12.5. The summed E-state index contributed by atoms with van der Waals surface area (Å²) in [6.45, 7) is 1.88. The third-order valence-corrected chi connectivity index (χ3v) is 2.80. The van der Waals surface area contributed by atoms with Crippen molar-refractivity contribution in [2.45, 2.75) is 6.92 Å². The van der Waals surface area contributed by atoms with Gasteiger partial charge in [-0.1, -0.05) is 18.2 Å². The van der Waals surface area contributed by atoms with Crippen molar-refractivity contribution in [1.82, 2.24) is 5.53 Å². The molecule has 2 aliphatic rings. The van der Waals surface area contributed by atoms with Crippen molar-refractivity contribution >= 4 is 23.4 Å². The first-order valence-corrected chi connectivity index (χ1v) is 5.62. The molecule has 2 aliphatic heterocycles. The Hall–Kier alpha value is -1.80. The summed E-state index contributed by atoms with van der Waals surface area (Å²) in [5.74, 6) is 0.312. The van der Waals surface area contributed by atoms with E-state index in [1.807, 2.05) is 48.5 Å². The first-order chi connectivity index (χ1) is 8.74. The minimum absolute atomic E-state index is 0. The molecule has 3 rings (SSSR count). The van der Waals surface area contributed by atoms with Crippen molar-refractivity contribution in [1.29, 1.82) is 5.41 Å². The van der Waals surface area contributed by atoms with E-state index in [0.29, 0.717) is 5.84 Å². The zero-order valence-corrected chi connectivity index (χ0v) is 10.9. The molecule has 0 spiro atoms. The molecule has 0 aromatic heterocycles. The maximum absolute atomic E-state index is 7.55. The molecule has 0 amide bonds. The Balaban J connectivity index is 0.00000133. The molecule has 0 bridgehead atoms. The molecule has 0 atom stereocenters. The molecule has 2 N–H and O–H groups in total. The Morgan fingerprint density at radius 1 is 1.37 bits per heavy atom. The molecule has 6 heteroatoms. The minimum atomic E-state index is 0. The average Bonchev–Trinajstić information content (AvgIpc) is 2.78. The van der Waals surface area contributed by atoms with Crippen LogP contribution in [0.4, 0.5) is 11.4 Å². The number of rotatable bonds is 1. The standard InChI is InChI=1S/C13H12N5.Li/c1-9-6-10(7-15-13(9)14)8-18-12-5-3-2-4-11(12)16-17-18;/h2-8,14,17H,1H3;/q-1;+1. The summed E-state index contributed by atoms with van der Waals surface area (Å²) in [6, 6.07) is 7.87. The van der Waals surface area contributed by atoms with Gasteiger partial charge in [0.1, 0.15) is 5.84 Å². The van der Waals surface area contributed by atoms with Gasteiger partial charge in [0.05, 0.1) is 0 Å². The Morgan fingerprint density at radius 2 is 2.16 bits per heavy atom. The Labute approximate surface area is 123 Å². The van der Waals surface area contributed by atoms with Crippen LogP contribution in [0.2, 0.25) is 0 Å². The fourth-order valence-electron chi connectivity index (χ4n) is 1.84. The van der Waals surface area contributed by atoms with Gasteiger partial charge >= 0.3 is 18.9 Å². The number of nitrogens with zero attached hydrogens (tertiary/aromatic N) is 3. The van der Waals surface area contributed by atoms with Crippen LogP contribution < -0.4 is 29.4 Å². The summed E-state index contributed by atoms with van der Waals surface area (Å²) in [6.07, 6.45) is 5.52. The summed E-state index contributed by atoms with van der Waals surface area (Å²) in [5, 5.41) is 9.39. The van der Waals surface area contributed by atoms with Gasteiger partial charge in [-0.15, -0.1) is 5.69 Å².